The molecule has 2 aliphatic heterocycles. The van der Waals surface area contributed by atoms with Gasteiger partial charge < -0.3 is 15.2 Å². The van der Waals surface area contributed by atoms with Crippen molar-refractivity contribution in [2.75, 3.05) is 38.5 Å². The van der Waals surface area contributed by atoms with Gasteiger partial charge in [0, 0.05) is 37.4 Å². The molecule has 1 fully saturated rings. The molecule has 1 aromatic carbocycles. The molecule has 3 heterocycles. The van der Waals surface area contributed by atoms with Gasteiger partial charge in [-0.05, 0) is 37.6 Å². The number of aromatic nitrogens is 2. The van der Waals surface area contributed by atoms with Crippen molar-refractivity contribution >= 4 is 5.69 Å². The summed E-state index contributed by atoms with van der Waals surface area (Å²) in [5.74, 6) is 1.40. The van der Waals surface area contributed by atoms with E-state index in [1.807, 2.05) is 6.07 Å². The molecule has 6 nitrogen and oxygen atoms in total. The molecule has 1 atom stereocenters. The van der Waals surface area contributed by atoms with Crippen LogP contribution in [0.25, 0.3) is 11.5 Å². The van der Waals surface area contributed by atoms with Crippen LogP contribution in [-0.4, -0.2) is 48.3 Å². The third-order valence-corrected chi connectivity index (χ3v) is 4.58. The molecule has 4 rings (SSSR count). The zero-order valence-electron chi connectivity index (χ0n) is 12.8. The predicted octanol–water partition coefficient (Wildman–Crippen LogP) is 1.67. The Hall–Kier alpha value is -1.92. The standard InChI is InChI=1S/C16H21N5O/c1-21-9-8-17-10-14(21)15-19-16(22-20-15)12-4-2-6-13-11(12)5-3-7-18-13/h2,4,6,14,17-18H,3,5,7-10H2,1H3. The number of hydrogen-bond donors (Lipinski definition) is 2. The molecule has 6 heteroatoms. The molecule has 1 aromatic heterocycles. The first kappa shape index (κ1) is 13.7. The Morgan fingerprint density at radius 2 is 2.27 bits per heavy atom. The number of piperazine rings is 1. The molecule has 0 saturated carbocycles. The Balaban J connectivity index is 1.67. The minimum absolute atomic E-state index is 0.184. The summed E-state index contributed by atoms with van der Waals surface area (Å²) in [6.07, 6.45) is 2.20. The Labute approximate surface area is 129 Å². The zero-order valence-corrected chi connectivity index (χ0v) is 12.8. The van der Waals surface area contributed by atoms with Gasteiger partial charge in [-0.3, -0.25) is 4.90 Å². The number of benzene rings is 1. The summed E-state index contributed by atoms with van der Waals surface area (Å²) in [7, 11) is 2.11. The van der Waals surface area contributed by atoms with Crippen molar-refractivity contribution in [3.05, 3.63) is 29.6 Å². The van der Waals surface area contributed by atoms with Crippen molar-refractivity contribution in [2.24, 2.45) is 0 Å². The van der Waals surface area contributed by atoms with Crippen molar-refractivity contribution in [3.63, 3.8) is 0 Å². The van der Waals surface area contributed by atoms with Crippen LogP contribution in [0.2, 0.25) is 0 Å². The number of nitrogens with zero attached hydrogens (tertiary/aromatic N) is 3. The summed E-state index contributed by atoms with van der Waals surface area (Å²) >= 11 is 0. The summed E-state index contributed by atoms with van der Waals surface area (Å²) in [5, 5.41) is 11.1. The average molecular weight is 299 g/mol. The van der Waals surface area contributed by atoms with Crippen LogP contribution < -0.4 is 10.6 Å². The maximum atomic E-state index is 5.58. The Bertz CT molecular complexity index is 668. The van der Waals surface area contributed by atoms with Crippen LogP contribution in [0, 0.1) is 0 Å². The lowest BCUT2D eigenvalue weighted by atomic mass is 9.97. The molecule has 2 aliphatic rings. The van der Waals surface area contributed by atoms with Gasteiger partial charge in [-0.1, -0.05) is 11.2 Å². The van der Waals surface area contributed by atoms with Crippen molar-refractivity contribution in [2.45, 2.75) is 18.9 Å². The highest BCUT2D eigenvalue weighted by Crippen LogP contribution is 2.32. The van der Waals surface area contributed by atoms with Crippen LogP contribution in [0.5, 0.6) is 0 Å². The summed E-state index contributed by atoms with van der Waals surface area (Å²) in [6.45, 7) is 3.91. The van der Waals surface area contributed by atoms with Crippen molar-refractivity contribution in [1.82, 2.24) is 20.4 Å². The van der Waals surface area contributed by atoms with Gasteiger partial charge in [0.15, 0.2) is 5.82 Å². The Morgan fingerprint density at radius 1 is 1.32 bits per heavy atom. The van der Waals surface area contributed by atoms with Crippen LogP contribution in [-0.2, 0) is 6.42 Å². The topological polar surface area (TPSA) is 66.2 Å². The highest BCUT2D eigenvalue weighted by atomic mass is 16.5. The summed E-state index contributed by atoms with van der Waals surface area (Å²) in [6, 6.07) is 6.42. The first-order valence-corrected chi connectivity index (χ1v) is 7.93. The molecule has 2 N–H and O–H groups in total. The molecule has 1 saturated heterocycles. The van der Waals surface area contributed by atoms with Crippen molar-refractivity contribution in [3.8, 4) is 11.5 Å². The quantitative estimate of drug-likeness (QED) is 0.879. The van der Waals surface area contributed by atoms with Gasteiger partial charge in [0.05, 0.1) is 6.04 Å². The number of fused-ring (bicyclic) bond motifs is 1. The highest BCUT2D eigenvalue weighted by Gasteiger charge is 2.26. The largest absolute Gasteiger partial charge is 0.385 e. The van der Waals surface area contributed by atoms with Gasteiger partial charge in [-0.25, -0.2) is 0 Å². The molecule has 2 aromatic rings. The first-order chi connectivity index (χ1) is 10.8. The monoisotopic (exact) mass is 299 g/mol. The van der Waals surface area contributed by atoms with Gasteiger partial charge in [0.1, 0.15) is 0 Å². The third-order valence-electron chi connectivity index (χ3n) is 4.58. The lowest BCUT2D eigenvalue weighted by Gasteiger charge is -2.30. The summed E-state index contributed by atoms with van der Waals surface area (Å²) in [5.41, 5.74) is 3.55. The molecule has 0 amide bonds. The zero-order chi connectivity index (χ0) is 14.9. The van der Waals surface area contributed by atoms with Gasteiger partial charge >= 0.3 is 0 Å². The van der Waals surface area contributed by atoms with Crippen LogP contribution in [0.3, 0.4) is 0 Å². The fourth-order valence-electron chi connectivity index (χ4n) is 3.28. The van der Waals surface area contributed by atoms with E-state index < -0.39 is 0 Å². The number of anilines is 1. The van der Waals surface area contributed by atoms with Gasteiger partial charge in [-0.15, -0.1) is 0 Å². The molecule has 22 heavy (non-hydrogen) atoms. The second kappa shape index (κ2) is 5.70. The number of rotatable bonds is 2. The van der Waals surface area contributed by atoms with Crippen LogP contribution in [0.15, 0.2) is 22.7 Å². The summed E-state index contributed by atoms with van der Waals surface area (Å²) < 4.78 is 5.58. The highest BCUT2D eigenvalue weighted by molar-refractivity contribution is 5.69. The molecule has 116 valence electrons. The van der Waals surface area contributed by atoms with E-state index >= 15 is 0 Å². The normalized spacial score (nSPS) is 22.1. The van der Waals surface area contributed by atoms with Crippen molar-refractivity contribution in [1.29, 1.82) is 0 Å². The Morgan fingerprint density at radius 3 is 3.18 bits per heavy atom. The van der Waals surface area contributed by atoms with E-state index in [0.717, 1.165) is 50.4 Å². The maximum Gasteiger partial charge on any atom is 0.258 e. The fraction of sp³-hybridized carbons (Fsp3) is 0.500. The van der Waals surface area contributed by atoms with E-state index in [1.165, 1.54) is 11.3 Å². The van der Waals surface area contributed by atoms with Crippen molar-refractivity contribution < 1.29 is 4.52 Å². The molecule has 0 aliphatic carbocycles. The lowest BCUT2D eigenvalue weighted by Crippen LogP contribution is -2.44. The third kappa shape index (κ3) is 2.38. The molecule has 0 spiro atoms. The first-order valence-electron chi connectivity index (χ1n) is 7.93. The lowest BCUT2D eigenvalue weighted by molar-refractivity contribution is 0.190. The van der Waals surface area contributed by atoms with E-state index in [-0.39, 0.29) is 6.04 Å². The second-order valence-corrected chi connectivity index (χ2v) is 6.02. The molecular formula is C16H21N5O. The van der Waals surface area contributed by atoms with Gasteiger partial charge in [0.2, 0.25) is 0 Å². The predicted molar refractivity (Wildman–Crippen MR) is 84.8 cm³/mol. The smallest absolute Gasteiger partial charge is 0.258 e. The van der Waals surface area contributed by atoms with E-state index in [4.69, 9.17) is 4.52 Å². The van der Waals surface area contributed by atoms with E-state index in [1.54, 1.807) is 0 Å². The van der Waals surface area contributed by atoms with E-state index in [9.17, 15) is 0 Å². The van der Waals surface area contributed by atoms with E-state index in [2.05, 4.69) is 44.9 Å². The number of likely N-dealkylation sites (N-methyl/N-ethyl adjacent to an activating group) is 1. The average Bonchev–Trinajstić information content (AvgIpc) is 3.04. The van der Waals surface area contributed by atoms with Crippen LogP contribution in [0.4, 0.5) is 5.69 Å². The number of nitrogens with one attached hydrogen (secondary N) is 2. The SMILES string of the molecule is CN1CCNCC1c1noc(-c2cccc3c2CCCN3)n1. The second-order valence-electron chi connectivity index (χ2n) is 6.02. The van der Waals surface area contributed by atoms with Gasteiger partial charge in [0.25, 0.3) is 5.89 Å². The maximum absolute atomic E-state index is 5.58. The van der Waals surface area contributed by atoms with E-state index in [0.29, 0.717) is 5.89 Å². The molecular weight excluding hydrogens is 278 g/mol. The minimum Gasteiger partial charge on any atom is -0.385 e. The fourth-order valence-corrected chi connectivity index (χ4v) is 3.28. The molecule has 0 bridgehead atoms. The van der Waals surface area contributed by atoms with Gasteiger partial charge in [-0.2, -0.15) is 4.98 Å². The van der Waals surface area contributed by atoms with Crippen LogP contribution in [0.1, 0.15) is 23.9 Å². The minimum atomic E-state index is 0.184. The van der Waals surface area contributed by atoms with Crippen LogP contribution >= 0.6 is 0 Å². The molecule has 0 radical (unpaired) electrons. The number of hydrogen-bond acceptors (Lipinski definition) is 6. The molecule has 1 unspecified atom stereocenters. The summed E-state index contributed by atoms with van der Waals surface area (Å²) in [4.78, 5) is 6.95. The Kier molecular flexibility index (Phi) is 3.56.